The highest BCUT2D eigenvalue weighted by molar-refractivity contribution is 6.16. The number of ketones is 1. The highest BCUT2D eigenvalue weighted by Crippen LogP contribution is 2.41. The number of fused-ring (bicyclic) bond motifs is 2. The van der Waals surface area contributed by atoms with Gasteiger partial charge in [-0.05, 0) is 72.9 Å². The molecule has 204 valence electrons. The van der Waals surface area contributed by atoms with E-state index < -0.39 is 11.7 Å². The van der Waals surface area contributed by atoms with Crippen LogP contribution in [0.2, 0.25) is 0 Å². The first kappa shape index (κ1) is 25.6. The van der Waals surface area contributed by atoms with E-state index in [1.165, 1.54) is 10.5 Å². The van der Waals surface area contributed by atoms with Crippen LogP contribution in [0.5, 0.6) is 11.5 Å². The minimum atomic E-state index is -4.60. The number of halogens is 3. The summed E-state index contributed by atoms with van der Waals surface area (Å²) >= 11 is 0. The number of benzene rings is 2. The van der Waals surface area contributed by atoms with Crippen LogP contribution in [0.15, 0.2) is 78.5 Å². The van der Waals surface area contributed by atoms with Crippen molar-refractivity contribution in [2.45, 2.75) is 25.4 Å². The third-order valence-corrected chi connectivity index (χ3v) is 6.79. The number of anilines is 2. The van der Waals surface area contributed by atoms with Gasteiger partial charge in [0.05, 0.1) is 11.4 Å². The van der Waals surface area contributed by atoms with E-state index in [9.17, 15) is 18.0 Å². The molecule has 0 amide bonds. The number of aromatic nitrogens is 3. The fraction of sp³-hybridized carbons (Fsp3) is 0.207. The third kappa shape index (κ3) is 5.15. The van der Waals surface area contributed by atoms with E-state index in [1.54, 1.807) is 48.7 Å². The van der Waals surface area contributed by atoms with Crippen LogP contribution in [0.4, 0.5) is 24.5 Å². The summed E-state index contributed by atoms with van der Waals surface area (Å²) in [5.41, 5.74) is 0.885. The molecule has 40 heavy (non-hydrogen) atoms. The largest absolute Gasteiger partial charge is 0.454 e. The van der Waals surface area contributed by atoms with Crippen LogP contribution in [0, 0.1) is 5.92 Å². The normalized spacial score (nSPS) is 16.6. The number of allylic oxidation sites excluding steroid dienone is 3. The molecule has 0 atom stereocenters. The van der Waals surface area contributed by atoms with Gasteiger partial charge in [0.2, 0.25) is 6.79 Å². The molecule has 0 spiro atoms. The Labute approximate surface area is 227 Å². The van der Waals surface area contributed by atoms with Crippen molar-refractivity contribution in [3.63, 3.8) is 0 Å². The van der Waals surface area contributed by atoms with Gasteiger partial charge in [0.1, 0.15) is 11.4 Å². The average Bonchev–Trinajstić information content (AvgIpc) is 3.49. The van der Waals surface area contributed by atoms with E-state index in [0.29, 0.717) is 23.9 Å². The summed E-state index contributed by atoms with van der Waals surface area (Å²) in [6.45, 7) is 0.272. The van der Waals surface area contributed by atoms with Gasteiger partial charge in [0.25, 0.3) is 0 Å². The number of alkyl halides is 3. The van der Waals surface area contributed by atoms with Gasteiger partial charge in [-0.2, -0.15) is 13.2 Å². The van der Waals surface area contributed by atoms with E-state index in [1.807, 2.05) is 24.3 Å². The van der Waals surface area contributed by atoms with Gasteiger partial charge >= 0.3 is 6.18 Å². The van der Waals surface area contributed by atoms with E-state index in [2.05, 4.69) is 10.2 Å². The highest BCUT2D eigenvalue weighted by Gasteiger charge is 2.39. The number of hydrogen-bond acceptors (Lipinski definition) is 7. The van der Waals surface area contributed by atoms with Crippen molar-refractivity contribution in [3.8, 4) is 11.5 Å². The van der Waals surface area contributed by atoms with Gasteiger partial charge in [0, 0.05) is 18.2 Å². The fourth-order valence-corrected chi connectivity index (χ4v) is 4.46. The van der Waals surface area contributed by atoms with Crippen LogP contribution in [0.3, 0.4) is 0 Å². The molecule has 7 rings (SSSR count). The fourth-order valence-electron chi connectivity index (χ4n) is 4.46. The molecule has 8 nitrogen and oxygen atoms in total. The summed E-state index contributed by atoms with van der Waals surface area (Å²) < 4.78 is 53.2. The molecule has 0 unspecified atom stereocenters. The number of hydrazine groups is 1. The Morgan fingerprint density at radius 1 is 1.02 bits per heavy atom. The van der Waals surface area contributed by atoms with Gasteiger partial charge in [-0.25, -0.2) is 5.84 Å². The smallest absolute Gasteiger partial charge is 0.422 e. The Morgan fingerprint density at radius 2 is 1.80 bits per heavy atom. The number of nitrogens with zero attached hydrogens (tertiary/aromatic N) is 4. The lowest BCUT2D eigenvalue weighted by Crippen LogP contribution is -2.28. The molecule has 1 saturated carbocycles. The van der Waals surface area contributed by atoms with Crippen molar-refractivity contribution in [2.75, 3.05) is 11.8 Å². The molecular weight excluding hydrogens is 523 g/mol. The van der Waals surface area contributed by atoms with Crippen LogP contribution in [-0.2, 0) is 17.4 Å². The summed E-state index contributed by atoms with van der Waals surface area (Å²) in [6, 6.07) is 15.5. The maximum absolute atomic E-state index is 13.8. The monoisotopic (exact) mass is 547 g/mol. The zero-order valence-corrected chi connectivity index (χ0v) is 21.1. The Hall–Kier alpha value is -4.64. The zero-order valence-electron chi connectivity index (χ0n) is 21.1. The molecule has 0 radical (unpaired) electrons. The van der Waals surface area contributed by atoms with E-state index in [0.717, 1.165) is 40.5 Å². The highest BCUT2D eigenvalue weighted by atomic mass is 19.4. The maximum atomic E-state index is 13.8. The third-order valence-electron chi connectivity index (χ3n) is 6.79. The molecule has 3 aliphatic rings. The van der Waals surface area contributed by atoms with Gasteiger partial charge < -0.3 is 9.47 Å². The average molecular weight is 548 g/mol. The predicted octanol–water partition coefficient (Wildman–Crippen LogP) is 5.65. The summed E-state index contributed by atoms with van der Waals surface area (Å²) in [5, 5.41) is 8.82. The summed E-state index contributed by atoms with van der Waals surface area (Å²) in [4.78, 5) is 11.1. The van der Waals surface area contributed by atoms with Gasteiger partial charge in [0.15, 0.2) is 22.9 Å². The molecule has 1 fully saturated rings. The second kappa shape index (κ2) is 10.2. The van der Waals surface area contributed by atoms with Crippen molar-refractivity contribution in [1.29, 1.82) is 0 Å². The van der Waals surface area contributed by atoms with Gasteiger partial charge in [-0.1, -0.05) is 24.3 Å². The van der Waals surface area contributed by atoms with E-state index >= 15 is 0 Å². The van der Waals surface area contributed by atoms with Crippen LogP contribution in [-0.4, -0.2) is 27.2 Å². The number of hydrogen-bond donors (Lipinski definition) is 1. The Morgan fingerprint density at radius 3 is 2.48 bits per heavy atom. The first-order valence-electron chi connectivity index (χ1n) is 12.7. The lowest BCUT2D eigenvalue weighted by Gasteiger charge is -2.23. The number of ether oxygens (including phenoxy) is 2. The van der Waals surface area contributed by atoms with Crippen LogP contribution in [0.1, 0.15) is 29.8 Å². The molecule has 2 N–H and O–H groups in total. The number of nitrogens with two attached hydrogens (primary N) is 1. The second-order valence-electron chi connectivity index (χ2n) is 9.65. The van der Waals surface area contributed by atoms with E-state index in [4.69, 9.17) is 15.3 Å². The molecule has 0 saturated heterocycles. The lowest BCUT2D eigenvalue weighted by atomic mass is 9.98. The first-order chi connectivity index (χ1) is 19.3. The zero-order chi connectivity index (χ0) is 27.9. The molecular formula is C29H24F3N5O3. The minimum Gasteiger partial charge on any atom is -0.454 e. The topological polar surface area (TPSA) is 95.0 Å². The second-order valence-corrected chi connectivity index (χ2v) is 9.65. The van der Waals surface area contributed by atoms with Crippen molar-refractivity contribution >= 4 is 28.9 Å². The van der Waals surface area contributed by atoms with Gasteiger partial charge in [-0.3, -0.25) is 14.2 Å². The SMILES string of the molecule is NN(c1ccccc1)c1ccn2c(CC3CC3)nnc2c1C(F)(F)F.O=C1C=CC1=Cc1ccc2c(c1)OCO2. The molecule has 1 aliphatic heterocycles. The Bertz CT molecular complexity index is 1640. The Kier molecular flexibility index (Phi) is 6.51. The summed E-state index contributed by atoms with van der Waals surface area (Å²) in [7, 11) is 0. The molecule has 3 heterocycles. The first-order valence-corrected chi connectivity index (χ1v) is 12.7. The van der Waals surface area contributed by atoms with Gasteiger partial charge in [-0.15, -0.1) is 10.2 Å². The molecule has 2 aromatic carbocycles. The molecule has 4 aromatic rings. The van der Waals surface area contributed by atoms with Crippen molar-refractivity contribution in [1.82, 2.24) is 14.6 Å². The number of pyridine rings is 1. The lowest BCUT2D eigenvalue weighted by molar-refractivity contribution is -0.136. The van der Waals surface area contributed by atoms with E-state index in [-0.39, 0.29) is 23.9 Å². The number of carbonyl (C=O) groups is 1. The summed E-state index contributed by atoms with van der Waals surface area (Å²) in [5.74, 6) is 8.60. The van der Waals surface area contributed by atoms with Crippen molar-refractivity contribution in [3.05, 3.63) is 95.5 Å². The van der Waals surface area contributed by atoms with Crippen molar-refractivity contribution in [2.24, 2.45) is 11.8 Å². The molecule has 0 bridgehead atoms. The molecule has 2 aromatic heterocycles. The van der Waals surface area contributed by atoms with Crippen LogP contribution < -0.4 is 20.3 Å². The standard InChI is InChI=1S/C17H16F3N5.C12H8O3/c18-17(19,20)15-13(25(21)12-4-2-1-3-5-12)8-9-24-14(10-11-6-7-11)22-23-16(15)24;13-10-3-2-9(10)5-8-1-4-11-12(6-8)15-7-14-11/h1-5,8-9,11H,6-7,10,21H2;1-6H,7H2. The quantitative estimate of drug-likeness (QED) is 0.196. The predicted molar refractivity (Wildman–Crippen MR) is 142 cm³/mol. The number of para-hydroxylation sites is 1. The van der Waals surface area contributed by atoms with Crippen molar-refractivity contribution < 1.29 is 27.4 Å². The number of carbonyl (C=O) groups excluding carboxylic acids is 1. The Balaban J connectivity index is 0.000000164. The molecule has 11 heteroatoms. The summed E-state index contributed by atoms with van der Waals surface area (Å²) in [6.07, 6.45) is 4.96. The number of rotatable bonds is 5. The van der Waals surface area contributed by atoms with Crippen LogP contribution >= 0.6 is 0 Å². The van der Waals surface area contributed by atoms with Crippen LogP contribution in [0.25, 0.3) is 11.7 Å². The maximum Gasteiger partial charge on any atom is 0.422 e. The molecule has 2 aliphatic carbocycles. The minimum absolute atomic E-state index is 0.0765.